The maximum Gasteiger partial charge on any atom is 0.0666 e. The number of hydrogen-bond donors (Lipinski definition) is 0. The highest BCUT2D eigenvalue weighted by molar-refractivity contribution is 9.10. The SMILES string of the molecule is CN1CCn2ncc(Br)c2C1. The molecule has 0 spiro atoms. The predicted molar refractivity (Wildman–Crippen MR) is 46.3 cm³/mol. The van der Waals surface area contributed by atoms with Gasteiger partial charge < -0.3 is 0 Å². The van der Waals surface area contributed by atoms with Crippen molar-refractivity contribution in [1.82, 2.24) is 14.7 Å². The van der Waals surface area contributed by atoms with E-state index in [-0.39, 0.29) is 0 Å². The standard InChI is InChI=1S/C7H10BrN3/c1-10-2-3-11-7(5-10)6(8)4-9-11/h4H,2-3,5H2,1H3. The van der Waals surface area contributed by atoms with Gasteiger partial charge in [0.25, 0.3) is 0 Å². The summed E-state index contributed by atoms with van der Waals surface area (Å²) < 4.78 is 3.19. The lowest BCUT2D eigenvalue weighted by Crippen LogP contribution is -2.30. The van der Waals surface area contributed by atoms with Crippen LogP contribution in [0.5, 0.6) is 0 Å². The van der Waals surface area contributed by atoms with Crippen molar-refractivity contribution in [3.63, 3.8) is 0 Å². The number of halogens is 1. The molecule has 0 radical (unpaired) electrons. The molecule has 0 aromatic carbocycles. The molecule has 2 rings (SSSR count). The third-order valence-corrected chi connectivity index (χ3v) is 2.67. The Labute approximate surface area is 74.1 Å². The van der Waals surface area contributed by atoms with Crippen molar-refractivity contribution in [2.45, 2.75) is 13.1 Å². The van der Waals surface area contributed by atoms with E-state index in [4.69, 9.17) is 0 Å². The number of nitrogens with zero attached hydrogens (tertiary/aromatic N) is 3. The smallest absolute Gasteiger partial charge is 0.0666 e. The molecule has 0 atom stereocenters. The van der Waals surface area contributed by atoms with Crippen molar-refractivity contribution in [3.8, 4) is 0 Å². The summed E-state index contributed by atoms with van der Waals surface area (Å²) in [6.07, 6.45) is 1.87. The Balaban J connectivity index is 2.37. The van der Waals surface area contributed by atoms with Crippen molar-refractivity contribution in [3.05, 3.63) is 16.4 Å². The summed E-state index contributed by atoms with van der Waals surface area (Å²) in [6.45, 7) is 3.11. The van der Waals surface area contributed by atoms with E-state index in [9.17, 15) is 0 Å². The van der Waals surface area contributed by atoms with Crippen LogP contribution in [0.4, 0.5) is 0 Å². The van der Waals surface area contributed by atoms with Gasteiger partial charge in [-0.1, -0.05) is 0 Å². The molecular weight excluding hydrogens is 206 g/mol. The average molecular weight is 216 g/mol. The lowest BCUT2D eigenvalue weighted by atomic mass is 10.3. The molecule has 0 bridgehead atoms. The molecule has 0 saturated heterocycles. The zero-order valence-electron chi connectivity index (χ0n) is 6.42. The van der Waals surface area contributed by atoms with Crippen LogP contribution in [0, 0.1) is 0 Å². The van der Waals surface area contributed by atoms with E-state index in [1.165, 1.54) is 5.69 Å². The van der Waals surface area contributed by atoms with E-state index in [1.807, 2.05) is 6.20 Å². The van der Waals surface area contributed by atoms with Gasteiger partial charge in [0.1, 0.15) is 0 Å². The summed E-state index contributed by atoms with van der Waals surface area (Å²) >= 11 is 3.47. The fourth-order valence-corrected chi connectivity index (χ4v) is 1.76. The van der Waals surface area contributed by atoms with Crippen LogP contribution in [0.3, 0.4) is 0 Å². The van der Waals surface area contributed by atoms with E-state index < -0.39 is 0 Å². The fourth-order valence-electron chi connectivity index (χ4n) is 1.34. The molecule has 0 amide bonds. The number of rotatable bonds is 0. The minimum absolute atomic E-state index is 1.00. The predicted octanol–water partition coefficient (Wildman–Crippen LogP) is 1.09. The van der Waals surface area contributed by atoms with E-state index in [1.54, 1.807) is 0 Å². The van der Waals surface area contributed by atoms with Crippen LogP contribution in [-0.4, -0.2) is 28.3 Å². The minimum atomic E-state index is 1.00. The highest BCUT2D eigenvalue weighted by Crippen LogP contribution is 2.19. The van der Waals surface area contributed by atoms with Crippen LogP contribution >= 0.6 is 15.9 Å². The molecule has 0 unspecified atom stereocenters. The van der Waals surface area contributed by atoms with Gasteiger partial charge in [-0.25, -0.2) is 0 Å². The Hall–Kier alpha value is -0.350. The van der Waals surface area contributed by atoms with Crippen LogP contribution in [0.25, 0.3) is 0 Å². The Bertz CT molecular complexity index is 269. The minimum Gasteiger partial charge on any atom is -0.299 e. The molecule has 1 aromatic rings. The Morgan fingerprint density at radius 1 is 1.55 bits per heavy atom. The van der Waals surface area contributed by atoms with Gasteiger partial charge in [-0.05, 0) is 23.0 Å². The number of likely N-dealkylation sites (N-methyl/N-ethyl adjacent to an activating group) is 1. The molecule has 1 aliphatic rings. The first kappa shape index (κ1) is 7.31. The van der Waals surface area contributed by atoms with E-state index >= 15 is 0 Å². The van der Waals surface area contributed by atoms with Crippen molar-refractivity contribution in [2.75, 3.05) is 13.6 Å². The van der Waals surface area contributed by atoms with Gasteiger partial charge in [-0.15, -0.1) is 0 Å². The highest BCUT2D eigenvalue weighted by Gasteiger charge is 2.15. The summed E-state index contributed by atoms with van der Waals surface area (Å²) in [6, 6.07) is 0. The van der Waals surface area contributed by atoms with Crippen molar-refractivity contribution < 1.29 is 0 Å². The van der Waals surface area contributed by atoms with Gasteiger partial charge >= 0.3 is 0 Å². The van der Waals surface area contributed by atoms with Gasteiger partial charge in [0, 0.05) is 13.1 Å². The second kappa shape index (κ2) is 2.60. The third kappa shape index (κ3) is 1.20. The van der Waals surface area contributed by atoms with Gasteiger partial charge in [-0.2, -0.15) is 5.10 Å². The summed E-state index contributed by atoms with van der Waals surface area (Å²) in [5.74, 6) is 0. The van der Waals surface area contributed by atoms with Crippen LogP contribution in [-0.2, 0) is 13.1 Å². The number of hydrogen-bond acceptors (Lipinski definition) is 2. The molecule has 4 heteroatoms. The monoisotopic (exact) mass is 215 g/mol. The van der Waals surface area contributed by atoms with Gasteiger partial charge in [0.05, 0.1) is 22.9 Å². The van der Waals surface area contributed by atoms with Crippen molar-refractivity contribution >= 4 is 15.9 Å². The van der Waals surface area contributed by atoms with E-state index in [2.05, 4.69) is 37.7 Å². The summed E-state index contributed by atoms with van der Waals surface area (Å²) in [4.78, 5) is 2.29. The maximum absolute atomic E-state index is 4.23. The summed E-state index contributed by atoms with van der Waals surface area (Å²) in [7, 11) is 2.13. The first-order valence-corrected chi connectivity index (χ1v) is 4.45. The van der Waals surface area contributed by atoms with Crippen LogP contribution in [0.15, 0.2) is 10.7 Å². The van der Waals surface area contributed by atoms with Crippen LogP contribution < -0.4 is 0 Å². The second-order valence-electron chi connectivity index (χ2n) is 2.90. The normalized spacial score (nSPS) is 18.4. The second-order valence-corrected chi connectivity index (χ2v) is 3.75. The fraction of sp³-hybridized carbons (Fsp3) is 0.571. The first-order valence-electron chi connectivity index (χ1n) is 3.66. The van der Waals surface area contributed by atoms with Crippen molar-refractivity contribution in [1.29, 1.82) is 0 Å². The van der Waals surface area contributed by atoms with Crippen LogP contribution in [0.2, 0.25) is 0 Å². The Kier molecular flexibility index (Phi) is 1.73. The lowest BCUT2D eigenvalue weighted by molar-refractivity contribution is 0.258. The summed E-state index contributed by atoms with van der Waals surface area (Å²) in [5.41, 5.74) is 1.29. The van der Waals surface area contributed by atoms with Gasteiger partial charge in [-0.3, -0.25) is 9.58 Å². The molecule has 60 valence electrons. The largest absolute Gasteiger partial charge is 0.299 e. The zero-order chi connectivity index (χ0) is 7.84. The van der Waals surface area contributed by atoms with E-state index in [0.29, 0.717) is 0 Å². The molecule has 2 heterocycles. The lowest BCUT2D eigenvalue weighted by Gasteiger charge is -2.23. The molecular formula is C7H10BrN3. The highest BCUT2D eigenvalue weighted by atomic mass is 79.9. The maximum atomic E-state index is 4.23. The molecule has 11 heavy (non-hydrogen) atoms. The molecule has 0 aliphatic carbocycles. The van der Waals surface area contributed by atoms with Crippen molar-refractivity contribution in [2.24, 2.45) is 0 Å². The quantitative estimate of drug-likeness (QED) is 0.647. The molecule has 0 saturated carbocycles. The van der Waals surface area contributed by atoms with Crippen LogP contribution in [0.1, 0.15) is 5.69 Å². The first-order chi connectivity index (χ1) is 5.27. The number of aromatic nitrogens is 2. The number of fused-ring (bicyclic) bond motifs is 1. The molecule has 0 N–H and O–H groups in total. The third-order valence-electron chi connectivity index (χ3n) is 2.01. The van der Waals surface area contributed by atoms with Gasteiger partial charge in [0.15, 0.2) is 0 Å². The average Bonchev–Trinajstić information content (AvgIpc) is 2.33. The molecule has 0 fully saturated rings. The molecule has 3 nitrogen and oxygen atoms in total. The topological polar surface area (TPSA) is 21.1 Å². The molecule has 1 aromatic heterocycles. The summed E-state index contributed by atoms with van der Waals surface area (Å²) in [5, 5.41) is 4.23. The zero-order valence-corrected chi connectivity index (χ0v) is 8.00. The van der Waals surface area contributed by atoms with Gasteiger partial charge in [0.2, 0.25) is 0 Å². The Morgan fingerprint density at radius 3 is 3.18 bits per heavy atom. The van der Waals surface area contributed by atoms with E-state index in [0.717, 1.165) is 24.1 Å². The Morgan fingerprint density at radius 2 is 2.36 bits per heavy atom. The molecule has 1 aliphatic heterocycles.